The topological polar surface area (TPSA) is 82.8 Å². The maximum atomic E-state index is 6.28. The van der Waals surface area contributed by atoms with Gasteiger partial charge < -0.3 is 10.3 Å². The summed E-state index contributed by atoms with van der Waals surface area (Å²) in [5, 5.41) is 8.72. The van der Waals surface area contributed by atoms with Gasteiger partial charge in [0.15, 0.2) is 5.82 Å². The number of nitrogens with zero attached hydrogens (tertiary/aromatic N) is 4. The largest absolute Gasteiger partial charge is 0.334 e. The van der Waals surface area contributed by atoms with Crippen LogP contribution in [-0.2, 0) is 5.54 Å². The van der Waals surface area contributed by atoms with E-state index < -0.39 is 5.54 Å². The highest BCUT2D eigenvalue weighted by molar-refractivity contribution is 5.61. The van der Waals surface area contributed by atoms with E-state index in [2.05, 4.69) is 15.2 Å². The molecular formula is C17H19N5O. The van der Waals surface area contributed by atoms with Crippen molar-refractivity contribution in [3.8, 4) is 17.1 Å². The van der Waals surface area contributed by atoms with Crippen LogP contribution >= 0.6 is 0 Å². The number of nitrogens with two attached hydrogens (primary N) is 1. The van der Waals surface area contributed by atoms with Crippen molar-refractivity contribution in [3.05, 3.63) is 47.5 Å². The van der Waals surface area contributed by atoms with Crippen molar-refractivity contribution in [1.82, 2.24) is 19.9 Å². The molecule has 23 heavy (non-hydrogen) atoms. The van der Waals surface area contributed by atoms with Crippen LogP contribution in [0.25, 0.3) is 17.1 Å². The fourth-order valence-electron chi connectivity index (χ4n) is 3.08. The van der Waals surface area contributed by atoms with Gasteiger partial charge >= 0.3 is 0 Å². The number of hydrogen-bond acceptors (Lipinski definition) is 5. The smallest absolute Gasteiger partial charge is 0.261 e. The number of rotatable bonds is 3. The summed E-state index contributed by atoms with van der Waals surface area (Å²) in [6, 6.07) is 10.0. The van der Waals surface area contributed by atoms with Crippen LogP contribution in [0.1, 0.15) is 36.5 Å². The minimum Gasteiger partial charge on any atom is -0.334 e. The molecule has 1 fully saturated rings. The molecule has 0 atom stereocenters. The molecule has 6 heteroatoms. The minimum absolute atomic E-state index is 0.418. The zero-order chi connectivity index (χ0) is 16.0. The molecule has 1 aliphatic rings. The molecule has 0 bridgehead atoms. The van der Waals surface area contributed by atoms with Crippen LogP contribution < -0.4 is 5.73 Å². The predicted octanol–water partition coefficient (Wildman–Crippen LogP) is 2.88. The van der Waals surface area contributed by atoms with E-state index in [9.17, 15) is 0 Å². The number of hydrogen-bond donors (Lipinski definition) is 1. The molecule has 0 aliphatic heterocycles. The van der Waals surface area contributed by atoms with E-state index in [0.29, 0.717) is 11.7 Å². The van der Waals surface area contributed by atoms with E-state index in [1.54, 1.807) is 0 Å². The lowest BCUT2D eigenvalue weighted by atomic mass is 9.77. The van der Waals surface area contributed by atoms with Gasteiger partial charge in [0, 0.05) is 0 Å². The third-order valence-corrected chi connectivity index (χ3v) is 4.62. The van der Waals surface area contributed by atoms with E-state index >= 15 is 0 Å². The van der Waals surface area contributed by atoms with Gasteiger partial charge in [-0.25, -0.2) is 4.68 Å². The molecule has 0 unspecified atom stereocenters. The van der Waals surface area contributed by atoms with E-state index in [0.717, 1.165) is 41.9 Å². The molecule has 2 N–H and O–H groups in total. The Balaban J connectivity index is 1.77. The van der Waals surface area contributed by atoms with Crippen molar-refractivity contribution in [2.75, 3.05) is 0 Å². The first-order chi connectivity index (χ1) is 11.1. The Labute approximate surface area is 134 Å². The maximum absolute atomic E-state index is 6.28. The molecule has 1 saturated carbocycles. The van der Waals surface area contributed by atoms with Crippen LogP contribution in [-0.4, -0.2) is 19.9 Å². The van der Waals surface area contributed by atoms with Crippen molar-refractivity contribution in [2.45, 2.75) is 38.6 Å². The third-order valence-electron chi connectivity index (χ3n) is 4.62. The summed E-state index contributed by atoms with van der Waals surface area (Å²) >= 11 is 0. The fourth-order valence-corrected chi connectivity index (χ4v) is 3.08. The van der Waals surface area contributed by atoms with Crippen LogP contribution in [0.2, 0.25) is 0 Å². The summed E-state index contributed by atoms with van der Waals surface area (Å²) in [7, 11) is 0. The molecule has 0 saturated heterocycles. The molecule has 0 radical (unpaired) electrons. The number of benzene rings is 1. The van der Waals surface area contributed by atoms with Gasteiger partial charge in [-0.15, -0.1) is 0 Å². The van der Waals surface area contributed by atoms with Crippen molar-refractivity contribution >= 4 is 0 Å². The Morgan fingerprint density at radius 1 is 1.17 bits per heavy atom. The highest BCUT2D eigenvalue weighted by Crippen LogP contribution is 2.38. The van der Waals surface area contributed by atoms with Crippen LogP contribution in [0.15, 0.2) is 34.9 Å². The first-order valence-corrected chi connectivity index (χ1v) is 7.83. The van der Waals surface area contributed by atoms with E-state index in [-0.39, 0.29) is 0 Å². The third kappa shape index (κ3) is 2.17. The number of para-hydroxylation sites is 1. The Kier molecular flexibility index (Phi) is 3.09. The highest BCUT2D eigenvalue weighted by atomic mass is 16.5. The van der Waals surface area contributed by atoms with Crippen LogP contribution in [0, 0.1) is 13.8 Å². The van der Waals surface area contributed by atoms with Gasteiger partial charge in [-0.3, -0.25) is 0 Å². The Bertz CT molecular complexity index is 845. The van der Waals surface area contributed by atoms with Gasteiger partial charge in [0.1, 0.15) is 0 Å². The van der Waals surface area contributed by atoms with Crippen molar-refractivity contribution in [3.63, 3.8) is 0 Å². The molecule has 2 aromatic heterocycles. The predicted molar refractivity (Wildman–Crippen MR) is 86.0 cm³/mol. The second-order valence-electron chi connectivity index (χ2n) is 6.23. The lowest BCUT2D eigenvalue weighted by Gasteiger charge is -2.34. The SMILES string of the molecule is Cc1nn(-c2ccccc2)c(C)c1-c1nc(C2(N)CCC2)no1. The second kappa shape index (κ2) is 5.03. The summed E-state index contributed by atoms with van der Waals surface area (Å²) < 4.78 is 7.39. The molecule has 1 aromatic carbocycles. The Hall–Kier alpha value is -2.47. The van der Waals surface area contributed by atoms with Gasteiger partial charge in [0.25, 0.3) is 5.89 Å². The Morgan fingerprint density at radius 2 is 1.91 bits per heavy atom. The van der Waals surface area contributed by atoms with E-state index in [1.165, 1.54) is 0 Å². The fraction of sp³-hybridized carbons (Fsp3) is 0.353. The second-order valence-corrected chi connectivity index (χ2v) is 6.23. The zero-order valence-corrected chi connectivity index (χ0v) is 13.3. The lowest BCUT2D eigenvalue weighted by molar-refractivity contribution is 0.229. The molecule has 118 valence electrons. The van der Waals surface area contributed by atoms with Gasteiger partial charge in [0.2, 0.25) is 0 Å². The molecule has 6 nitrogen and oxygen atoms in total. The zero-order valence-electron chi connectivity index (χ0n) is 13.3. The van der Waals surface area contributed by atoms with Crippen LogP contribution in [0.4, 0.5) is 0 Å². The van der Waals surface area contributed by atoms with Crippen molar-refractivity contribution < 1.29 is 4.52 Å². The van der Waals surface area contributed by atoms with Crippen LogP contribution in [0.3, 0.4) is 0 Å². The molecule has 0 spiro atoms. The molecule has 3 aromatic rings. The molecule has 0 amide bonds. The van der Waals surface area contributed by atoms with Gasteiger partial charge in [-0.05, 0) is 45.2 Å². The van der Waals surface area contributed by atoms with Crippen molar-refractivity contribution in [1.29, 1.82) is 0 Å². The Morgan fingerprint density at radius 3 is 2.57 bits per heavy atom. The molecule has 2 heterocycles. The van der Waals surface area contributed by atoms with Crippen molar-refractivity contribution in [2.24, 2.45) is 5.73 Å². The van der Waals surface area contributed by atoms with Gasteiger partial charge in [0.05, 0.1) is 28.2 Å². The normalized spacial score (nSPS) is 16.3. The van der Waals surface area contributed by atoms with Gasteiger partial charge in [-0.2, -0.15) is 10.1 Å². The standard InChI is InChI=1S/C17H19N5O/c1-11-14(12(2)22(20-11)13-7-4-3-5-8-13)15-19-16(21-23-15)17(18)9-6-10-17/h3-5,7-8H,6,9-10,18H2,1-2H3. The summed E-state index contributed by atoms with van der Waals surface area (Å²) in [6.07, 6.45) is 2.94. The average Bonchev–Trinajstić information content (AvgIpc) is 3.11. The van der Waals surface area contributed by atoms with E-state index in [4.69, 9.17) is 10.3 Å². The molecular weight excluding hydrogens is 290 g/mol. The van der Waals surface area contributed by atoms with Crippen LogP contribution in [0.5, 0.6) is 0 Å². The highest BCUT2D eigenvalue weighted by Gasteiger charge is 2.39. The quantitative estimate of drug-likeness (QED) is 0.804. The monoisotopic (exact) mass is 309 g/mol. The van der Waals surface area contributed by atoms with Gasteiger partial charge in [-0.1, -0.05) is 23.4 Å². The summed E-state index contributed by atoms with van der Waals surface area (Å²) in [5.74, 6) is 1.10. The minimum atomic E-state index is -0.418. The summed E-state index contributed by atoms with van der Waals surface area (Å²) in [6.45, 7) is 3.96. The maximum Gasteiger partial charge on any atom is 0.261 e. The average molecular weight is 309 g/mol. The first-order valence-electron chi connectivity index (χ1n) is 7.83. The number of aromatic nitrogens is 4. The summed E-state index contributed by atoms with van der Waals surface area (Å²) in [4.78, 5) is 4.55. The molecule has 4 rings (SSSR count). The van der Waals surface area contributed by atoms with E-state index in [1.807, 2.05) is 48.9 Å². The first kappa shape index (κ1) is 14.1. The molecule has 1 aliphatic carbocycles. The number of aryl methyl sites for hydroxylation is 1. The lowest BCUT2D eigenvalue weighted by Crippen LogP contribution is -2.44. The summed E-state index contributed by atoms with van der Waals surface area (Å²) in [5.41, 5.74) is 9.59.